The van der Waals surface area contributed by atoms with Crippen molar-refractivity contribution in [2.75, 3.05) is 0 Å². The molecule has 1 rings (SSSR count). The summed E-state index contributed by atoms with van der Waals surface area (Å²) in [4.78, 5) is 0. The largest absolute Gasteiger partial charge is 0.387 e. The summed E-state index contributed by atoms with van der Waals surface area (Å²) >= 11 is 5.95. The molecule has 0 aliphatic rings. The summed E-state index contributed by atoms with van der Waals surface area (Å²) in [5.74, 6) is 0. The molecule has 72 valence electrons. The maximum Gasteiger partial charge on any atom is 0.0952 e. The Morgan fingerprint density at radius 3 is 2.54 bits per heavy atom. The van der Waals surface area contributed by atoms with Crippen LogP contribution in [0.5, 0.6) is 0 Å². The van der Waals surface area contributed by atoms with Gasteiger partial charge in [-0.05, 0) is 25.5 Å². The summed E-state index contributed by atoms with van der Waals surface area (Å²) in [5.41, 5.74) is 7.34. The first-order valence-corrected chi connectivity index (χ1v) is 4.60. The molecule has 0 spiro atoms. The van der Waals surface area contributed by atoms with Gasteiger partial charge in [0.05, 0.1) is 6.10 Å². The predicted octanol–water partition coefficient (Wildman–Crippen LogP) is 2.03. The number of halogens is 1. The number of hydrogen-bond donors (Lipinski definition) is 2. The molecule has 0 aliphatic carbocycles. The number of aliphatic hydroxyl groups is 1. The van der Waals surface area contributed by atoms with E-state index < -0.39 is 6.10 Å². The van der Waals surface area contributed by atoms with Crippen molar-refractivity contribution in [1.29, 1.82) is 0 Å². The quantitative estimate of drug-likeness (QED) is 0.766. The Kier molecular flexibility index (Phi) is 3.31. The van der Waals surface area contributed by atoms with E-state index in [9.17, 15) is 5.11 Å². The van der Waals surface area contributed by atoms with E-state index in [1.165, 1.54) is 0 Å². The summed E-state index contributed by atoms with van der Waals surface area (Å²) in [7, 11) is 0. The summed E-state index contributed by atoms with van der Waals surface area (Å²) in [6.07, 6.45) is -0.687. The normalized spacial score (nSPS) is 15.5. The van der Waals surface area contributed by atoms with E-state index >= 15 is 0 Å². The van der Waals surface area contributed by atoms with E-state index in [0.29, 0.717) is 10.6 Å². The highest BCUT2D eigenvalue weighted by atomic mass is 35.5. The minimum Gasteiger partial charge on any atom is -0.387 e. The first kappa shape index (κ1) is 10.5. The first-order valence-electron chi connectivity index (χ1n) is 4.22. The number of aryl methyl sites for hydroxylation is 1. The van der Waals surface area contributed by atoms with Gasteiger partial charge in [-0.25, -0.2) is 0 Å². The maximum absolute atomic E-state index is 9.66. The Balaban J connectivity index is 3.01. The van der Waals surface area contributed by atoms with Gasteiger partial charge in [0.25, 0.3) is 0 Å². The number of nitrogens with two attached hydrogens (primary N) is 1. The van der Waals surface area contributed by atoms with Gasteiger partial charge in [-0.2, -0.15) is 0 Å². The van der Waals surface area contributed by atoms with Gasteiger partial charge >= 0.3 is 0 Å². The van der Waals surface area contributed by atoms with Crippen molar-refractivity contribution in [3.05, 3.63) is 34.3 Å². The number of benzene rings is 1. The number of aliphatic hydroxyl groups excluding tert-OH is 1. The van der Waals surface area contributed by atoms with E-state index in [-0.39, 0.29) is 6.04 Å². The maximum atomic E-state index is 9.66. The van der Waals surface area contributed by atoms with Crippen molar-refractivity contribution in [2.24, 2.45) is 5.73 Å². The van der Waals surface area contributed by atoms with Crippen molar-refractivity contribution >= 4 is 11.6 Å². The van der Waals surface area contributed by atoms with Crippen molar-refractivity contribution in [1.82, 2.24) is 0 Å². The fourth-order valence-electron chi connectivity index (χ4n) is 1.16. The third-order valence-electron chi connectivity index (χ3n) is 1.97. The van der Waals surface area contributed by atoms with Crippen molar-refractivity contribution in [3.8, 4) is 0 Å². The van der Waals surface area contributed by atoms with Crippen LogP contribution < -0.4 is 5.73 Å². The fourth-order valence-corrected chi connectivity index (χ4v) is 1.50. The molecule has 1 aromatic carbocycles. The lowest BCUT2D eigenvalue weighted by Gasteiger charge is -2.16. The van der Waals surface area contributed by atoms with Gasteiger partial charge in [0, 0.05) is 16.6 Å². The molecule has 0 radical (unpaired) electrons. The third-order valence-corrected chi connectivity index (χ3v) is 2.30. The first-order chi connectivity index (χ1) is 6.02. The Morgan fingerprint density at radius 1 is 1.46 bits per heavy atom. The Hall–Kier alpha value is -0.570. The van der Waals surface area contributed by atoms with Crippen LogP contribution in [0, 0.1) is 6.92 Å². The van der Waals surface area contributed by atoms with Crippen LogP contribution in [0.4, 0.5) is 0 Å². The average molecular weight is 200 g/mol. The second kappa shape index (κ2) is 4.09. The topological polar surface area (TPSA) is 46.2 Å². The molecule has 0 saturated carbocycles. The summed E-state index contributed by atoms with van der Waals surface area (Å²) in [6.45, 7) is 3.70. The van der Waals surface area contributed by atoms with Gasteiger partial charge in [0.15, 0.2) is 0 Å². The van der Waals surface area contributed by atoms with Crippen LogP contribution in [0.3, 0.4) is 0 Å². The second-order valence-electron chi connectivity index (χ2n) is 3.33. The van der Waals surface area contributed by atoms with Gasteiger partial charge in [0.2, 0.25) is 0 Å². The van der Waals surface area contributed by atoms with E-state index in [1.54, 1.807) is 6.92 Å². The lowest BCUT2D eigenvalue weighted by atomic mass is 10.0. The molecule has 1 aromatic rings. The van der Waals surface area contributed by atoms with Gasteiger partial charge in [-0.3, -0.25) is 0 Å². The molecule has 3 heteroatoms. The molecule has 3 N–H and O–H groups in total. The van der Waals surface area contributed by atoms with Crippen LogP contribution >= 0.6 is 11.6 Å². The second-order valence-corrected chi connectivity index (χ2v) is 3.74. The van der Waals surface area contributed by atoms with Crippen LogP contribution in [0.1, 0.15) is 24.2 Å². The van der Waals surface area contributed by atoms with E-state index in [0.717, 1.165) is 5.56 Å². The average Bonchev–Trinajstić information content (AvgIpc) is 2.03. The Morgan fingerprint density at radius 2 is 2.08 bits per heavy atom. The molecule has 0 amide bonds. The van der Waals surface area contributed by atoms with Gasteiger partial charge in [-0.1, -0.05) is 23.7 Å². The molecular weight excluding hydrogens is 186 g/mol. The van der Waals surface area contributed by atoms with E-state index in [4.69, 9.17) is 17.3 Å². The summed E-state index contributed by atoms with van der Waals surface area (Å²) in [6, 6.07) is 5.24. The molecule has 13 heavy (non-hydrogen) atoms. The third kappa shape index (κ3) is 2.44. The van der Waals surface area contributed by atoms with Crippen LogP contribution in [0.15, 0.2) is 18.2 Å². The highest BCUT2D eigenvalue weighted by Gasteiger charge is 2.15. The zero-order valence-corrected chi connectivity index (χ0v) is 8.55. The fraction of sp³-hybridized carbons (Fsp3) is 0.400. The lowest BCUT2D eigenvalue weighted by Crippen LogP contribution is -2.24. The molecular formula is C10H14ClNO. The van der Waals surface area contributed by atoms with Crippen LogP contribution in [0.25, 0.3) is 0 Å². The van der Waals surface area contributed by atoms with Gasteiger partial charge < -0.3 is 10.8 Å². The van der Waals surface area contributed by atoms with Gasteiger partial charge in [-0.15, -0.1) is 0 Å². The van der Waals surface area contributed by atoms with Crippen molar-refractivity contribution < 1.29 is 5.11 Å². The Labute approximate surface area is 83.3 Å². The molecule has 0 saturated heterocycles. The Bertz CT molecular complexity index is 299. The monoisotopic (exact) mass is 199 g/mol. The number of rotatable bonds is 2. The summed E-state index contributed by atoms with van der Waals surface area (Å²) < 4.78 is 0. The molecule has 2 atom stereocenters. The highest BCUT2D eigenvalue weighted by molar-refractivity contribution is 6.31. The van der Waals surface area contributed by atoms with Crippen LogP contribution in [0.2, 0.25) is 5.02 Å². The SMILES string of the molecule is Cc1ccc(C(O)C(C)N)c(Cl)c1. The van der Waals surface area contributed by atoms with Crippen molar-refractivity contribution in [3.63, 3.8) is 0 Å². The molecule has 0 aliphatic heterocycles. The van der Waals surface area contributed by atoms with E-state index in [1.807, 2.05) is 25.1 Å². The zero-order valence-electron chi connectivity index (χ0n) is 7.79. The molecule has 0 bridgehead atoms. The molecule has 2 nitrogen and oxygen atoms in total. The number of hydrogen-bond acceptors (Lipinski definition) is 2. The zero-order chi connectivity index (χ0) is 10.0. The molecule has 0 fully saturated rings. The van der Waals surface area contributed by atoms with Crippen molar-refractivity contribution in [2.45, 2.75) is 26.0 Å². The molecule has 2 unspecified atom stereocenters. The predicted molar refractivity (Wildman–Crippen MR) is 54.8 cm³/mol. The minimum absolute atomic E-state index is 0.305. The standard InChI is InChI=1S/C10H14ClNO/c1-6-3-4-8(9(11)5-6)10(13)7(2)12/h3-5,7,10,13H,12H2,1-2H3. The molecule has 0 aromatic heterocycles. The molecule has 0 heterocycles. The van der Waals surface area contributed by atoms with Gasteiger partial charge in [0.1, 0.15) is 0 Å². The lowest BCUT2D eigenvalue weighted by molar-refractivity contribution is 0.153. The smallest absolute Gasteiger partial charge is 0.0952 e. The van der Waals surface area contributed by atoms with E-state index in [2.05, 4.69) is 0 Å². The minimum atomic E-state index is -0.687. The van der Waals surface area contributed by atoms with Crippen LogP contribution in [-0.2, 0) is 0 Å². The summed E-state index contributed by atoms with van der Waals surface area (Å²) in [5, 5.41) is 10.2. The van der Waals surface area contributed by atoms with Crippen LogP contribution in [-0.4, -0.2) is 11.1 Å². The highest BCUT2D eigenvalue weighted by Crippen LogP contribution is 2.25.